The first-order valence-corrected chi connectivity index (χ1v) is 22.4. The lowest BCUT2D eigenvalue weighted by atomic mass is 9.44. The van der Waals surface area contributed by atoms with E-state index in [9.17, 15) is 34.5 Å². The number of aliphatic hydroxyl groups is 3. The number of halogens is 1. The minimum atomic E-state index is -1.98. The molecule has 0 aromatic heterocycles. The highest BCUT2D eigenvalue weighted by atomic mass is 19.1. The van der Waals surface area contributed by atoms with E-state index in [0.717, 1.165) is 37.7 Å². The third-order valence-corrected chi connectivity index (χ3v) is 18.8. The maximum Gasteiger partial charge on any atom is 0.193 e. The molecule has 320 valence electrons. The predicted molar refractivity (Wildman–Crippen MR) is 215 cm³/mol. The van der Waals surface area contributed by atoms with Gasteiger partial charge in [0.2, 0.25) is 0 Å². The second-order valence-corrected chi connectivity index (χ2v) is 21.1. The fraction of sp³-hybridized carbons (Fsp3) is 0.792. The summed E-state index contributed by atoms with van der Waals surface area (Å²) in [6, 6.07) is 0. The molecule has 0 aromatic carbocycles. The van der Waals surface area contributed by atoms with Gasteiger partial charge in [-0.25, -0.2) is 4.39 Å². The van der Waals surface area contributed by atoms with Crippen molar-refractivity contribution >= 4 is 23.1 Å². The summed E-state index contributed by atoms with van der Waals surface area (Å²) in [6.45, 7) is 15.4. The first-order valence-electron chi connectivity index (χ1n) is 22.4. The second-order valence-electron chi connectivity index (χ2n) is 21.1. The van der Waals surface area contributed by atoms with Gasteiger partial charge in [0.15, 0.2) is 34.4 Å². The van der Waals surface area contributed by atoms with Gasteiger partial charge in [0.1, 0.15) is 12.4 Å². The average Bonchev–Trinajstić information content (AvgIpc) is 3.78. The van der Waals surface area contributed by atoms with Crippen LogP contribution in [0.5, 0.6) is 0 Å². The van der Waals surface area contributed by atoms with Crippen LogP contribution in [0, 0.1) is 63.1 Å². The molecule has 7 fully saturated rings. The molecule has 0 bridgehead atoms. The molecule has 0 unspecified atom stereocenters. The summed E-state index contributed by atoms with van der Waals surface area (Å²) in [5.41, 5.74) is -3.47. The van der Waals surface area contributed by atoms with Crippen LogP contribution >= 0.6 is 0 Å². The van der Waals surface area contributed by atoms with Crippen LogP contribution in [0.25, 0.3) is 0 Å². The number of hydrogen-bond donors (Lipinski definition) is 3. The number of carbonyl (C=O) groups is 4. The Bertz CT molecular complexity index is 1860. The lowest BCUT2D eigenvalue weighted by Gasteiger charge is -2.62. The normalized spacial score (nSPS) is 50.7. The molecule has 6 saturated carbocycles. The number of ketones is 4. The third kappa shape index (κ3) is 5.35. The molecule has 3 N–H and O–H groups in total. The van der Waals surface area contributed by atoms with Crippen molar-refractivity contribution in [3.63, 3.8) is 0 Å². The molecule has 1 saturated heterocycles. The zero-order chi connectivity index (χ0) is 42.2. The fourth-order valence-corrected chi connectivity index (χ4v) is 16.1. The zero-order valence-electron chi connectivity index (χ0n) is 35.9. The lowest BCUT2D eigenvalue weighted by Crippen LogP contribution is -2.70. The highest BCUT2D eigenvalue weighted by Crippen LogP contribution is 2.73. The lowest BCUT2D eigenvalue weighted by molar-refractivity contribution is -0.256. The van der Waals surface area contributed by atoms with Crippen molar-refractivity contribution in [2.45, 2.75) is 168 Å². The summed E-state index contributed by atoms with van der Waals surface area (Å²) in [4.78, 5) is 49.6. The third-order valence-electron chi connectivity index (χ3n) is 18.8. The van der Waals surface area contributed by atoms with Crippen molar-refractivity contribution in [3.05, 3.63) is 35.5 Å². The Morgan fingerprint density at radius 3 is 2.29 bits per heavy atom. The monoisotopic (exact) mass is 806 g/mol. The number of ether oxygens (including phenoxy) is 2. The zero-order valence-corrected chi connectivity index (χ0v) is 35.9. The van der Waals surface area contributed by atoms with E-state index in [1.165, 1.54) is 17.7 Å². The maximum atomic E-state index is 17.3. The Balaban J connectivity index is 0.000000168. The van der Waals surface area contributed by atoms with Gasteiger partial charge in [0.05, 0.1) is 18.3 Å². The molecule has 8 aliphatic carbocycles. The van der Waals surface area contributed by atoms with Gasteiger partial charge < -0.3 is 24.8 Å². The van der Waals surface area contributed by atoms with Crippen LogP contribution < -0.4 is 0 Å². The van der Waals surface area contributed by atoms with E-state index < -0.39 is 58.4 Å². The first kappa shape index (κ1) is 42.3. The van der Waals surface area contributed by atoms with Crippen molar-refractivity contribution in [2.75, 3.05) is 6.61 Å². The Hall–Kier alpha value is -2.37. The summed E-state index contributed by atoms with van der Waals surface area (Å²) in [6.07, 6.45) is 12.1. The van der Waals surface area contributed by atoms with Crippen LogP contribution in [-0.2, 0) is 28.7 Å². The average molecular weight is 807 g/mol. The van der Waals surface area contributed by atoms with Gasteiger partial charge in [-0.05, 0) is 143 Å². The second kappa shape index (κ2) is 13.8. The molecule has 16 atom stereocenters. The highest BCUT2D eigenvalue weighted by molar-refractivity contribution is 6.01. The Morgan fingerprint density at radius 2 is 1.64 bits per heavy atom. The van der Waals surface area contributed by atoms with E-state index in [0.29, 0.717) is 62.1 Å². The number of fused-ring (bicyclic) bond motifs is 12. The van der Waals surface area contributed by atoms with E-state index in [4.69, 9.17) is 9.47 Å². The summed E-state index contributed by atoms with van der Waals surface area (Å²) in [7, 11) is 0. The number of allylic oxidation sites excluding steroid dienone is 5. The smallest absolute Gasteiger partial charge is 0.193 e. The molecule has 10 heteroatoms. The van der Waals surface area contributed by atoms with Gasteiger partial charge in [-0.2, -0.15) is 0 Å². The molecule has 9 aliphatic rings. The van der Waals surface area contributed by atoms with E-state index in [1.54, 1.807) is 19.9 Å². The molecule has 0 radical (unpaired) electrons. The largest absolute Gasteiger partial charge is 0.393 e. The number of alkyl halides is 1. The molecular formula is C48H67FO9. The van der Waals surface area contributed by atoms with Gasteiger partial charge in [-0.1, -0.05) is 58.8 Å². The molecule has 1 aliphatic heterocycles. The van der Waals surface area contributed by atoms with Gasteiger partial charge in [-0.3, -0.25) is 19.2 Å². The number of hydrogen-bond acceptors (Lipinski definition) is 9. The van der Waals surface area contributed by atoms with Crippen LogP contribution in [-0.4, -0.2) is 80.4 Å². The SMILES string of the molecule is CC(=O)[C@H]1CC[C@H]2[C@@H]3C[C@H](C)C4=CC(=O)CC[C@]4(C)[C@H]3[C@@H](O)C[C@]12C.CCC1(CC)O[C@@H]2C[C@H]3[C@@H]4CCC5=CC(=O)C=C[C@]5(C)[C@@]4(F)[C@@H](O)C[C@]3(C)[C@]2(C(=O)CO)O1. The van der Waals surface area contributed by atoms with E-state index in [-0.39, 0.29) is 52.7 Å². The Labute approximate surface area is 343 Å². The number of Topliss-reactive ketones (excluding diaryl/α,β-unsaturated/α-hetero) is 2. The minimum absolute atomic E-state index is 0.0183. The summed E-state index contributed by atoms with van der Waals surface area (Å²) in [5, 5.41) is 32.7. The predicted octanol–water partition coefficient (Wildman–Crippen LogP) is 7.14. The Kier molecular flexibility index (Phi) is 10.1. The van der Waals surface area contributed by atoms with Gasteiger partial charge in [-0.15, -0.1) is 0 Å². The molecule has 9 rings (SSSR count). The quantitative estimate of drug-likeness (QED) is 0.264. The highest BCUT2D eigenvalue weighted by Gasteiger charge is 2.80. The standard InChI is InChI=1S/C26H35FO6.C22H32O3/c1-5-24(6-2)32-21-12-18-17-8-7-15-11-16(29)9-10-22(15,3)25(17,27)19(30)13-23(18,4)26(21,33-24)20(31)14-28;1-12-9-15-17-6-5-16(13(2)23)22(17,4)11-19(25)20(15)21(3)8-7-14(24)10-18(12)21/h9-11,17-19,21,28,30H,5-8,12-14H2,1-4H3;10,12,15-17,19-20,25H,5-9,11H2,1-4H3/t17-,18-,19-,21+,22-,23-,25-,26+;12-,15-,16+,17-,19-,20+,21-,22+/m00/s1. The van der Waals surface area contributed by atoms with Crippen LogP contribution in [0.4, 0.5) is 4.39 Å². The molecular weight excluding hydrogens is 740 g/mol. The van der Waals surface area contributed by atoms with Gasteiger partial charge in [0, 0.05) is 29.1 Å². The van der Waals surface area contributed by atoms with Gasteiger partial charge in [0.25, 0.3) is 0 Å². The first-order chi connectivity index (χ1) is 27.2. The molecule has 58 heavy (non-hydrogen) atoms. The summed E-state index contributed by atoms with van der Waals surface area (Å²) >= 11 is 0. The minimum Gasteiger partial charge on any atom is -0.393 e. The maximum absolute atomic E-state index is 17.3. The molecule has 0 spiro atoms. The fourth-order valence-electron chi connectivity index (χ4n) is 16.1. The van der Waals surface area contributed by atoms with Crippen molar-refractivity contribution in [1.82, 2.24) is 0 Å². The van der Waals surface area contributed by atoms with Crippen molar-refractivity contribution in [1.29, 1.82) is 0 Å². The van der Waals surface area contributed by atoms with Crippen molar-refractivity contribution in [2.24, 2.45) is 63.1 Å². The van der Waals surface area contributed by atoms with Crippen LogP contribution in [0.1, 0.15) is 132 Å². The molecule has 9 nitrogen and oxygen atoms in total. The van der Waals surface area contributed by atoms with E-state index in [1.807, 2.05) is 26.8 Å². The number of rotatable bonds is 5. The Morgan fingerprint density at radius 1 is 0.931 bits per heavy atom. The molecule has 0 amide bonds. The van der Waals surface area contributed by atoms with Gasteiger partial charge >= 0.3 is 0 Å². The molecule has 0 aromatic rings. The topological polar surface area (TPSA) is 147 Å². The van der Waals surface area contributed by atoms with Crippen LogP contribution in [0.15, 0.2) is 35.5 Å². The summed E-state index contributed by atoms with van der Waals surface area (Å²) in [5.74, 6) is -0.0244. The van der Waals surface area contributed by atoms with Crippen LogP contribution in [0.3, 0.4) is 0 Å². The number of aliphatic hydroxyl groups excluding tert-OH is 3. The number of carbonyl (C=O) groups excluding carboxylic acids is 4. The van der Waals surface area contributed by atoms with Crippen molar-refractivity contribution in [3.8, 4) is 0 Å². The van der Waals surface area contributed by atoms with Crippen LogP contribution in [0.2, 0.25) is 0 Å². The molecule has 1 heterocycles. The van der Waals surface area contributed by atoms with Crippen molar-refractivity contribution < 1.29 is 48.4 Å². The summed E-state index contributed by atoms with van der Waals surface area (Å²) < 4.78 is 30.2. The van der Waals surface area contributed by atoms with E-state index in [2.05, 4.69) is 20.8 Å². The van der Waals surface area contributed by atoms with E-state index >= 15 is 4.39 Å².